The minimum atomic E-state index is 0.874. The van der Waals surface area contributed by atoms with Crippen LogP contribution in [-0.4, -0.2) is 23.1 Å². The molecule has 3 aromatic rings. The molecule has 0 amide bonds. The number of aromatic nitrogens is 2. The van der Waals surface area contributed by atoms with E-state index >= 15 is 0 Å². The Balaban J connectivity index is 2.09. The standard InChI is InChI=1S/C19H23N3/c1-14-11-17-18(12-15(14)2)22(19(21-17)9-10-20-3)13-16-7-5-4-6-8-16/h4-8,11-12,20H,9-10,13H2,1-3H3. The molecule has 3 rings (SSSR count). The third kappa shape index (κ3) is 2.90. The molecule has 0 saturated heterocycles. The predicted octanol–water partition coefficient (Wildman–Crippen LogP) is 3.46. The molecule has 3 heteroatoms. The van der Waals surface area contributed by atoms with E-state index in [1.54, 1.807) is 0 Å². The molecule has 0 aliphatic carbocycles. The number of likely N-dealkylation sites (N-methyl/N-ethyl adjacent to an activating group) is 1. The van der Waals surface area contributed by atoms with Gasteiger partial charge in [0.25, 0.3) is 0 Å². The molecule has 1 aromatic heterocycles. The van der Waals surface area contributed by atoms with Crippen LogP contribution in [0.2, 0.25) is 0 Å². The van der Waals surface area contributed by atoms with Crippen LogP contribution in [0.4, 0.5) is 0 Å². The second-order valence-corrected chi connectivity index (χ2v) is 5.88. The Bertz CT molecular complexity index is 772. The first-order valence-corrected chi connectivity index (χ1v) is 7.84. The third-order valence-corrected chi connectivity index (χ3v) is 4.22. The summed E-state index contributed by atoms with van der Waals surface area (Å²) in [5.74, 6) is 1.15. The maximum atomic E-state index is 4.87. The minimum absolute atomic E-state index is 0.874. The van der Waals surface area contributed by atoms with Gasteiger partial charge in [-0.25, -0.2) is 4.98 Å². The topological polar surface area (TPSA) is 29.9 Å². The first-order chi connectivity index (χ1) is 10.7. The molecule has 1 heterocycles. The third-order valence-electron chi connectivity index (χ3n) is 4.22. The van der Waals surface area contributed by atoms with Crippen LogP contribution in [0.25, 0.3) is 11.0 Å². The van der Waals surface area contributed by atoms with Crippen LogP contribution in [0.15, 0.2) is 42.5 Å². The first kappa shape index (κ1) is 14.8. The SMILES string of the molecule is CNCCc1nc2cc(C)c(C)cc2n1Cc1ccccc1. The van der Waals surface area contributed by atoms with Crippen molar-refractivity contribution in [2.45, 2.75) is 26.8 Å². The summed E-state index contributed by atoms with van der Waals surface area (Å²) >= 11 is 0. The highest BCUT2D eigenvalue weighted by Crippen LogP contribution is 2.22. The van der Waals surface area contributed by atoms with E-state index in [4.69, 9.17) is 4.98 Å². The van der Waals surface area contributed by atoms with Gasteiger partial charge in [-0.15, -0.1) is 0 Å². The average molecular weight is 293 g/mol. The molecule has 2 aromatic carbocycles. The van der Waals surface area contributed by atoms with Gasteiger partial charge in [-0.3, -0.25) is 0 Å². The van der Waals surface area contributed by atoms with Crippen molar-refractivity contribution in [1.29, 1.82) is 0 Å². The van der Waals surface area contributed by atoms with Gasteiger partial charge in [0.1, 0.15) is 5.82 Å². The van der Waals surface area contributed by atoms with Crippen LogP contribution < -0.4 is 5.32 Å². The molecular formula is C19H23N3. The highest BCUT2D eigenvalue weighted by atomic mass is 15.1. The highest BCUT2D eigenvalue weighted by molar-refractivity contribution is 5.78. The van der Waals surface area contributed by atoms with Gasteiger partial charge in [-0.1, -0.05) is 30.3 Å². The van der Waals surface area contributed by atoms with Crippen molar-refractivity contribution >= 4 is 11.0 Å². The van der Waals surface area contributed by atoms with Crippen molar-refractivity contribution in [2.24, 2.45) is 0 Å². The summed E-state index contributed by atoms with van der Waals surface area (Å²) in [4.78, 5) is 4.87. The van der Waals surface area contributed by atoms with Crippen LogP contribution in [0.5, 0.6) is 0 Å². The summed E-state index contributed by atoms with van der Waals surface area (Å²) in [6.45, 7) is 6.13. The van der Waals surface area contributed by atoms with Crippen LogP contribution in [0.3, 0.4) is 0 Å². The summed E-state index contributed by atoms with van der Waals surface area (Å²) in [7, 11) is 1.98. The minimum Gasteiger partial charge on any atom is -0.323 e. The van der Waals surface area contributed by atoms with Crippen molar-refractivity contribution in [3.63, 3.8) is 0 Å². The van der Waals surface area contributed by atoms with Gasteiger partial charge in [0.2, 0.25) is 0 Å². The second-order valence-electron chi connectivity index (χ2n) is 5.88. The van der Waals surface area contributed by atoms with Crippen LogP contribution in [-0.2, 0) is 13.0 Å². The van der Waals surface area contributed by atoms with E-state index in [0.717, 1.165) is 30.9 Å². The number of hydrogen-bond donors (Lipinski definition) is 1. The van der Waals surface area contributed by atoms with E-state index in [-0.39, 0.29) is 0 Å². The Morgan fingerprint density at radius 2 is 1.77 bits per heavy atom. The van der Waals surface area contributed by atoms with Gasteiger partial charge in [0.05, 0.1) is 11.0 Å². The summed E-state index contributed by atoms with van der Waals surface area (Å²) in [6, 6.07) is 15.1. The number of benzene rings is 2. The van der Waals surface area contributed by atoms with E-state index in [9.17, 15) is 0 Å². The fourth-order valence-electron chi connectivity index (χ4n) is 2.80. The number of nitrogens with zero attached hydrogens (tertiary/aromatic N) is 2. The smallest absolute Gasteiger partial charge is 0.111 e. The summed E-state index contributed by atoms with van der Waals surface area (Å²) in [6.07, 6.45) is 0.941. The van der Waals surface area contributed by atoms with Crippen LogP contribution in [0.1, 0.15) is 22.5 Å². The largest absolute Gasteiger partial charge is 0.323 e. The zero-order valence-corrected chi connectivity index (χ0v) is 13.6. The van der Waals surface area contributed by atoms with Crippen LogP contribution >= 0.6 is 0 Å². The van der Waals surface area contributed by atoms with Gasteiger partial charge in [-0.05, 0) is 49.7 Å². The summed E-state index contributed by atoms with van der Waals surface area (Å²) < 4.78 is 2.36. The van der Waals surface area contributed by atoms with Gasteiger partial charge in [0, 0.05) is 19.5 Å². The molecule has 0 aliphatic rings. The zero-order chi connectivity index (χ0) is 15.5. The van der Waals surface area contributed by atoms with Crippen molar-refractivity contribution in [3.8, 4) is 0 Å². The first-order valence-electron chi connectivity index (χ1n) is 7.84. The Kier molecular flexibility index (Phi) is 4.25. The molecule has 3 nitrogen and oxygen atoms in total. The lowest BCUT2D eigenvalue weighted by molar-refractivity contribution is 0.696. The molecule has 0 bridgehead atoms. The van der Waals surface area contributed by atoms with Crippen molar-refractivity contribution in [2.75, 3.05) is 13.6 Å². The molecule has 0 saturated carbocycles. The number of aryl methyl sites for hydroxylation is 2. The molecule has 0 unspecified atom stereocenters. The van der Waals surface area contributed by atoms with Gasteiger partial charge >= 0.3 is 0 Å². The molecule has 0 aliphatic heterocycles. The molecule has 22 heavy (non-hydrogen) atoms. The summed E-state index contributed by atoms with van der Waals surface area (Å²) in [5.41, 5.74) is 6.27. The van der Waals surface area contributed by atoms with Crippen molar-refractivity contribution < 1.29 is 0 Å². The Labute approximate surface area is 132 Å². The Morgan fingerprint density at radius 3 is 2.50 bits per heavy atom. The van der Waals surface area contributed by atoms with E-state index in [0.29, 0.717) is 0 Å². The van der Waals surface area contributed by atoms with Gasteiger partial charge < -0.3 is 9.88 Å². The molecule has 0 radical (unpaired) electrons. The zero-order valence-electron chi connectivity index (χ0n) is 13.6. The van der Waals surface area contributed by atoms with E-state index in [1.165, 1.54) is 22.2 Å². The maximum Gasteiger partial charge on any atom is 0.111 e. The predicted molar refractivity (Wildman–Crippen MR) is 92.4 cm³/mol. The Hall–Kier alpha value is -2.13. The van der Waals surface area contributed by atoms with Crippen LogP contribution in [0, 0.1) is 13.8 Å². The number of fused-ring (bicyclic) bond motifs is 1. The fourth-order valence-corrected chi connectivity index (χ4v) is 2.80. The fraction of sp³-hybridized carbons (Fsp3) is 0.316. The molecule has 1 N–H and O–H groups in total. The number of rotatable bonds is 5. The van der Waals surface area contributed by atoms with E-state index in [2.05, 4.69) is 66.2 Å². The molecule has 114 valence electrons. The monoisotopic (exact) mass is 293 g/mol. The number of imidazole rings is 1. The molecule has 0 spiro atoms. The lowest BCUT2D eigenvalue weighted by Crippen LogP contribution is -2.14. The van der Waals surface area contributed by atoms with Crippen molar-refractivity contribution in [3.05, 3.63) is 65.0 Å². The van der Waals surface area contributed by atoms with Crippen molar-refractivity contribution in [1.82, 2.24) is 14.9 Å². The normalized spacial score (nSPS) is 11.2. The number of nitrogens with one attached hydrogen (secondary N) is 1. The molecule has 0 atom stereocenters. The van der Waals surface area contributed by atoms with Gasteiger partial charge in [0.15, 0.2) is 0 Å². The van der Waals surface area contributed by atoms with E-state index in [1.807, 2.05) is 7.05 Å². The maximum absolute atomic E-state index is 4.87. The second kappa shape index (κ2) is 6.32. The lowest BCUT2D eigenvalue weighted by Gasteiger charge is -2.10. The lowest BCUT2D eigenvalue weighted by atomic mass is 10.1. The summed E-state index contributed by atoms with van der Waals surface area (Å²) in [5, 5.41) is 3.22. The molecule has 0 fully saturated rings. The van der Waals surface area contributed by atoms with E-state index < -0.39 is 0 Å². The quantitative estimate of drug-likeness (QED) is 0.780. The number of hydrogen-bond acceptors (Lipinski definition) is 2. The average Bonchev–Trinajstić information content (AvgIpc) is 2.84. The Morgan fingerprint density at radius 1 is 1.05 bits per heavy atom. The molecular weight excluding hydrogens is 270 g/mol. The van der Waals surface area contributed by atoms with Gasteiger partial charge in [-0.2, -0.15) is 0 Å². The highest BCUT2D eigenvalue weighted by Gasteiger charge is 2.12.